The zero-order chi connectivity index (χ0) is 18.8. The largest absolute Gasteiger partial charge is 0.497 e. The normalized spacial score (nSPS) is 11.8. The van der Waals surface area contributed by atoms with Crippen LogP contribution in [0.4, 0.5) is 0 Å². The fraction of sp³-hybridized carbons (Fsp3) is 0.579. The summed E-state index contributed by atoms with van der Waals surface area (Å²) in [5.74, 6) is 0.884. The molecule has 0 aromatic heterocycles. The molecule has 140 valence electrons. The number of ether oxygens (including phenoxy) is 3. The van der Waals surface area contributed by atoms with Gasteiger partial charge >= 0.3 is 5.97 Å². The number of aryl methyl sites for hydroxylation is 1. The molecule has 1 amide bonds. The summed E-state index contributed by atoms with van der Waals surface area (Å²) in [6, 6.07) is 4.86. The van der Waals surface area contributed by atoms with Gasteiger partial charge in [-0.25, -0.2) is 4.79 Å². The van der Waals surface area contributed by atoms with Gasteiger partial charge in [0.2, 0.25) is 5.91 Å². The number of hydrogen-bond acceptors (Lipinski definition) is 5. The summed E-state index contributed by atoms with van der Waals surface area (Å²) in [5, 5.41) is 2.82. The van der Waals surface area contributed by atoms with E-state index in [-0.39, 0.29) is 18.2 Å². The molecule has 0 aliphatic heterocycles. The molecular weight excluding hydrogens is 322 g/mol. The Bertz CT molecular complexity index is 569. The van der Waals surface area contributed by atoms with Crippen molar-refractivity contribution in [3.05, 3.63) is 23.8 Å². The Balaban J connectivity index is 2.76. The van der Waals surface area contributed by atoms with E-state index in [0.717, 1.165) is 18.4 Å². The molecular formula is C19H29NO5. The van der Waals surface area contributed by atoms with Crippen molar-refractivity contribution in [2.45, 2.75) is 45.6 Å². The van der Waals surface area contributed by atoms with Crippen molar-refractivity contribution in [3.8, 4) is 11.5 Å². The molecule has 0 unspecified atom stereocenters. The summed E-state index contributed by atoms with van der Waals surface area (Å²) in [7, 11) is 4.52. The Morgan fingerprint density at radius 2 is 1.76 bits per heavy atom. The summed E-state index contributed by atoms with van der Waals surface area (Å²) in [5.41, 5.74) is 0.883. The van der Waals surface area contributed by atoms with Gasteiger partial charge < -0.3 is 19.5 Å². The number of carbonyl (C=O) groups excluding carboxylic acids is 2. The van der Waals surface area contributed by atoms with Crippen molar-refractivity contribution in [1.29, 1.82) is 0 Å². The summed E-state index contributed by atoms with van der Waals surface area (Å²) >= 11 is 0. The fourth-order valence-electron chi connectivity index (χ4n) is 2.83. The number of benzene rings is 1. The molecule has 1 aromatic rings. The monoisotopic (exact) mass is 351 g/mol. The summed E-state index contributed by atoms with van der Waals surface area (Å²) in [4.78, 5) is 24.3. The first-order valence-electron chi connectivity index (χ1n) is 8.58. The summed E-state index contributed by atoms with van der Waals surface area (Å²) in [6.45, 7) is 3.99. The van der Waals surface area contributed by atoms with Gasteiger partial charge in [-0.2, -0.15) is 0 Å². The van der Waals surface area contributed by atoms with Gasteiger partial charge in [0.05, 0.1) is 21.3 Å². The highest BCUT2D eigenvalue weighted by Crippen LogP contribution is 2.25. The molecule has 0 heterocycles. The van der Waals surface area contributed by atoms with E-state index in [2.05, 4.69) is 5.32 Å². The maximum absolute atomic E-state index is 12.3. The van der Waals surface area contributed by atoms with Crippen LogP contribution < -0.4 is 14.8 Å². The van der Waals surface area contributed by atoms with Crippen molar-refractivity contribution >= 4 is 11.9 Å². The first kappa shape index (κ1) is 20.8. The zero-order valence-electron chi connectivity index (χ0n) is 15.8. The Morgan fingerprint density at radius 1 is 1.08 bits per heavy atom. The van der Waals surface area contributed by atoms with Gasteiger partial charge in [0.15, 0.2) is 0 Å². The molecule has 0 spiro atoms. The van der Waals surface area contributed by atoms with Crippen LogP contribution >= 0.6 is 0 Å². The lowest BCUT2D eigenvalue weighted by Gasteiger charge is -2.24. The quantitative estimate of drug-likeness (QED) is 0.656. The lowest BCUT2D eigenvalue weighted by molar-refractivity contribution is -0.146. The molecule has 0 bridgehead atoms. The van der Waals surface area contributed by atoms with Crippen LogP contribution in [-0.2, 0) is 20.7 Å². The number of amides is 1. The lowest BCUT2D eigenvalue weighted by atomic mass is 9.94. The fourth-order valence-corrected chi connectivity index (χ4v) is 2.83. The second kappa shape index (κ2) is 10.6. The van der Waals surface area contributed by atoms with E-state index in [1.165, 1.54) is 7.11 Å². The standard InChI is InChI=1S/C19H29NO5/c1-6-13(7-2)18(19(22)25-5)20-17(21)11-8-14-12-15(23-3)9-10-16(14)24-4/h9-10,12-13,18H,6-8,11H2,1-5H3,(H,20,21)/t18-/m1/s1. The van der Waals surface area contributed by atoms with Crippen LogP contribution in [0, 0.1) is 5.92 Å². The van der Waals surface area contributed by atoms with Gasteiger partial charge in [0.25, 0.3) is 0 Å². The molecule has 0 saturated heterocycles. The molecule has 1 rings (SSSR count). The minimum Gasteiger partial charge on any atom is -0.497 e. The van der Waals surface area contributed by atoms with Crippen LogP contribution in [0.2, 0.25) is 0 Å². The third-order valence-electron chi connectivity index (χ3n) is 4.40. The zero-order valence-corrected chi connectivity index (χ0v) is 15.8. The Kier molecular flexibility index (Phi) is 8.81. The van der Waals surface area contributed by atoms with E-state index in [0.29, 0.717) is 17.9 Å². The lowest BCUT2D eigenvalue weighted by Crippen LogP contribution is -2.46. The predicted molar refractivity (Wildman–Crippen MR) is 95.9 cm³/mol. The average molecular weight is 351 g/mol. The molecule has 0 aliphatic rings. The highest BCUT2D eigenvalue weighted by molar-refractivity contribution is 5.84. The van der Waals surface area contributed by atoms with E-state index in [9.17, 15) is 9.59 Å². The van der Waals surface area contributed by atoms with Crippen LogP contribution in [0.5, 0.6) is 11.5 Å². The predicted octanol–water partition coefficient (Wildman–Crippen LogP) is 2.73. The minimum atomic E-state index is -0.611. The van der Waals surface area contributed by atoms with E-state index in [1.807, 2.05) is 32.0 Å². The number of rotatable bonds is 10. The van der Waals surface area contributed by atoms with E-state index in [1.54, 1.807) is 14.2 Å². The summed E-state index contributed by atoms with van der Waals surface area (Å²) in [6.07, 6.45) is 2.32. The summed E-state index contributed by atoms with van der Waals surface area (Å²) < 4.78 is 15.4. The molecule has 0 saturated carbocycles. The average Bonchev–Trinajstić information content (AvgIpc) is 2.65. The van der Waals surface area contributed by atoms with Crippen molar-refractivity contribution in [3.63, 3.8) is 0 Å². The highest BCUT2D eigenvalue weighted by Gasteiger charge is 2.28. The Labute approximate surface area is 149 Å². The molecule has 0 fully saturated rings. The van der Waals surface area contributed by atoms with Crippen molar-refractivity contribution < 1.29 is 23.8 Å². The SMILES string of the molecule is CCC(CC)[C@@H](NC(=O)CCc1cc(OC)ccc1OC)C(=O)OC. The van der Waals surface area contributed by atoms with Gasteiger partial charge in [0.1, 0.15) is 17.5 Å². The number of carbonyl (C=O) groups is 2. The van der Waals surface area contributed by atoms with E-state index in [4.69, 9.17) is 14.2 Å². The van der Waals surface area contributed by atoms with Gasteiger partial charge in [-0.05, 0) is 36.1 Å². The number of hydrogen-bond donors (Lipinski definition) is 1. The molecule has 1 N–H and O–H groups in total. The Hall–Kier alpha value is -2.24. The van der Waals surface area contributed by atoms with Crippen LogP contribution in [0.1, 0.15) is 38.7 Å². The molecule has 6 nitrogen and oxygen atoms in total. The van der Waals surface area contributed by atoms with Crippen LogP contribution in [0.15, 0.2) is 18.2 Å². The second-order valence-electron chi connectivity index (χ2n) is 5.82. The third-order valence-corrected chi connectivity index (χ3v) is 4.40. The molecule has 0 radical (unpaired) electrons. The molecule has 6 heteroatoms. The Morgan fingerprint density at radius 3 is 2.28 bits per heavy atom. The van der Waals surface area contributed by atoms with Gasteiger partial charge in [-0.15, -0.1) is 0 Å². The number of methoxy groups -OCH3 is 3. The van der Waals surface area contributed by atoms with Crippen molar-refractivity contribution in [2.24, 2.45) is 5.92 Å². The van der Waals surface area contributed by atoms with Crippen LogP contribution in [0.25, 0.3) is 0 Å². The van der Waals surface area contributed by atoms with E-state index >= 15 is 0 Å². The number of nitrogens with one attached hydrogen (secondary N) is 1. The maximum atomic E-state index is 12.3. The van der Waals surface area contributed by atoms with Gasteiger partial charge in [-0.1, -0.05) is 26.7 Å². The molecule has 1 atom stereocenters. The minimum absolute atomic E-state index is 0.0581. The topological polar surface area (TPSA) is 73.9 Å². The highest BCUT2D eigenvalue weighted by atomic mass is 16.5. The van der Waals surface area contributed by atoms with Gasteiger partial charge in [0, 0.05) is 6.42 Å². The first-order chi connectivity index (χ1) is 12.0. The van der Waals surface area contributed by atoms with E-state index < -0.39 is 12.0 Å². The second-order valence-corrected chi connectivity index (χ2v) is 5.82. The molecule has 0 aliphatic carbocycles. The maximum Gasteiger partial charge on any atom is 0.328 e. The third kappa shape index (κ3) is 5.96. The van der Waals surface area contributed by atoms with Crippen LogP contribution in [0.3, 0.4) is 0 Å². The molecule has 25 heavy (non-hydrogen) atoms. The first-order valence-corrected chi connectivity index (χ1v) is 8.58. The van der Waals surface area contributed by atoms with Crippen molar-refractivity contribution in [2.75, 3.05) is 21.3 Å². The molecule has 1 aromatic carbocycles. The number of esters is 1. The smallest absolute Gasteiger partial charge is 0.328 e. The van der Waals surface area contributed by atoms with Crippen molar-refractivity contribution in [1.82, 2.24) is 5.32 Å². The van der Waals surface area contributed by atoms with Crippen LogP contribution in [-0.4, -0.2) is 39.2 Å². The van der Waals surface area contributed by atoms with Gasteiger partial charge in [-0.3, -0.25) is 4.79 Å².